The Morgan fingerprint density at radius 3 is 2.47 bits per heavy atom. The van der Waals surface area contributed by atoms with Gasteiger partial charge in [-0.3, -0.25) is 14.6 Å². The van der Waals surface area contributed by atoms with Crippen LogP contribution in [0.3, 0.4) is 0 Å². The molecule has 0 saturated carbocycles. The van der Waals surface area contributed by atoms with Crippen LogP contribution in [-0.2, 0) is 15.3 Å². The summed E-state index contributed by atoms with van der Waals surface area (Å²) in [5, 5.41) is 2.87. The first-order valence-corrected chi connectivity index (χ1v) is 12.2. The Hall–Kier alpha value is -3.36. The van der Waals surface area contributed by atoms with Gasteiger partial charge in [0.1, 0.15) is 0 Å². The molecule has 34 heavy (non-hydrogen) atoms. The Balaban J connectivity index is 1.25. The van der Waals surface area contributed by atoms with Crippen molar-refractivity contribution in [3.05, 3.63) is 84.2 Å². The first-order chi connectivity index (χ1) is 16.6. The number of nitrogens with zero attached hydrogens (tertiary/aromatic N) is 3. The van der Waals surface area contributed by atoms with E-state index in [9.17, 15) is 9.59 Å². The fraction of sp³-hybridized carbons (Fsp3) is 0.269. The van der Waals surface area contributed by atoms with E-state index in [0.29, 0.717) is 11.3 Å². The summed E-state index contributed by atoms with van der Waals surface area (Å²) in [5.74, 6) is 0.384. The van der Waals surface area contributed by atoms with E-state index < -0.39 is 0 Å². The highest BCUT2D eigenvalue weighted by Gasteiger charge is 2.16. The van der Waals surface area contributed by atoms with Crippen LogP contribution in [0.1, 0.15) is 15.9 Å². The summed E-state index contributed by atoms with van der Waals surface area (Å²) in [5.41, 5.74) is 3.51. The predicted molar refractivity (Wildman–Crippen MR) is 135 cm³/mol. The molecule has 8 heteroatoms. The highest BCUT2D eigenvalue weighted by molar-refractivity contribution is 7.98. The molecule has 4 rings (SSSR count). The quantitative estimate of drug-likeness (QED) is 0.497. The highest BCUT2D eigenvalue weighted by atomic mass is 32.2. The number of hydrogen-bond donors (Lipinski definition) is 1. The van der Waals surface area contributed by atoms with Crippen LogP contribution in [0.5, 0.6) is 0 Å². The van der Waals surface area contributed by atoms with Gasteiger partial charge in [-0.25, -0.2) is 0 Å². The van der Waals surface area contributed by atoms with Gasteiger partial charge in [-0.15, -0.1) is 11.8 Å². The van der Waals surface area contributed by atoms with Crippen molar-refractivity contribution in [3.63, 3.8) is 0 Å². The third-order valence-corrected chi connectivity index (χ3v) is 6.57. The molecule has 0 radical (unpaired) electrons. The smallest absolute Gasteiger partial charge is 0.254 e. The summed E-state index contributed by atoms with van der Waals surface area (Å²) in [4.78, 5) is 34.1. The zero-order valence-corrected chi connectivity index (χ0v) is 20.0. The number of thioether (sulfide) groups is 1. The van der Waals surface area contributed by atoms with Crippen LogP contribution >= 0.6 is 11.8 Å². The van der Waals surface area contributed by atoms with Crippen LogP contribution < -0.4 is 10.2 Å². The number of likely N-dealkylation sites (N-methyl/N-ethyl adjacent to an activating group) is 1. The second kappa shape index (κ2) is 11.7. The maximum absolute atomic E-state index is 12.8. The van der Waals surface area contributed by atoms with E-state index in [0.717, 1.165) is 48.2 Å². The Morgan fingerprint density at radius 1 is 1.06 bits per heavy atom. The third-order valence-electron chi connectivity index (χ3n) is 5.48. The normalized spacial score (nSPS) is 13.4. The molecule has 2 heterocycles. The Labute approximate surface area is 204 Å². The first-order valence-electron chi connectivity index (χ1n) is 11.2. The summed E-state index contributed by atoms with van der Waals surface area (Å²) < 4.78 is 5.39. The molecule has 1 N–H and O–H groups in total. The molecular formula is C26H28N4O3S. The summed E-state index contributed by atoms with van der Waals surface area (Å²) in [6.07, 6.45) is 3.61. The monoisotopic (exact) mass is 476 g/mol. The number of amides is 2. The molecule has 0 bridgehead atoms. The van der Waals surface area contributed by atoms with E-state index in [1.54, 1.807) is 37.1 Å². The van der Waals surface area contributed by atoms with Crippen LogP contribution in [0.2, 0.25) is 0 Å². The number of hydrogen-bond acceptors (Lipinski definition) is 6. The molecule has 176 valence electrons. The molecule has 0 aliphatic carbocycles. The van der Waals surface area contributed by atoms with Crippen molar-refractivity contribution in [1.29, 1.82) is 0 Å². The molecule has 7 nitrogen and oxygen atoms in total. The van der Waals surface area contributed by atoms with Gasteiger partial charge in [0.25, 0.3) is 5.91 Å². The molecular weight excluding hydrogens is 448 g/mol. The van der Waals surface area contributed by atoms with Gasteiger partial charge in [0.05, 0.1) is 19.8 Å². The van der Waals surface area contributed by atoms with E-state index in [-0.39, 0.29) is 18.4 Å². The van der Waals surface area contributed by atoms with Gasteiger partial charge in [0.15, 0.2) is 0 Å². The van der Waals surface area contributed by atoms with Gasteiger partial charge in [-0.1, -0.05) is 6.07 Å². The number of rotatable bonds is 8. The van der Waals surface area contributed by atoms with Crippen LogP contribution in [-0.4, -0.2) is 61.6 Å². The van der Waals surface area contributed by atoms with Crippen LogP contribution in [0.25, 0.3) is 0 Å². The van der Waals surface area contributed by atoms with Gasteiger partial charge >= 0.3 is 0 Å². The molecule has 0 atom stereocenters. The second-order valence-corrected chi connectivity index (χ2v) is 9.08. The minimum absolute atomic E-state index is 0.0262. The lowest BCUT2D eigenvalue weighted by Gasteiger charge is -2.28. The highest BCUT2D eigenvalue weighted by Crippen LogP contribution is 2.23. The van der Waals surface area contributed by atoms with Gasteiger partial charge < -0.3 is 19.9 Å². The number of carbonyl (C=O) groups is 2. The molecule has 1 aromatic heterocycles. The Morgan fingerprint density at radius 2 is 1.79 bits per heavy atom. The lowest BCUT2D eigenvalue weighted by Crippen LogP contribution is -2.36. The topological polar surface area (TPSA) is 74.8 Å². The largest absolute Gasteiger partial charge is 0.378 e. The fourth-order valence-corrected chi connectivity index (χ4v) is 4.46. The average Bonchev–Trinajstić information content (AvgIpc) is 2.89. The number of benzene rings is 2. The van der Waals surface area contributed by atoms with E-state index in [4.69, 9.17) is 4.74 Å². The van der Waals surface area contributed by atoms with Crippen LogP contribution in [0.4, 0.5) is 11.4 Å². The Kier molecular flexibility index (Phi) is 8.17. The number of pyridine rings is 1. The summed E-state index contributed by atoms with van der Waals surface area (Å²) in [7, 11) is 1.63. The van der Waals surface area contributed by atoms with E-state index in [1.807, 2.05) is 54.7 Å². The zero-order chi connectivity index (χ0) is 23.8. The van der Waals surface area contributed by atoms with Gasteiger partial charge in [-0.2, -0.15) is 0 Å². The van der Waals surface area contributed by atoms with Crippen molar-refractivity contribution in [2.45, 2.75) is 10.6 Å². The average molecular weight is 477 g/mol. The number of morpholine rings is 1. The number of nitrogens with one attached hydrogen (secondary N) is 1. The van der Waals surface area contributed by atoms with Crippen molar-refractivity contribution in [2.24, 2.45) is 0 Å². The van der Waals surface area contributed by atoms with Crippen LogP contribution in [0.15, 0.2) is 78.0 Å². The molecule has 2 aromatic carbocycles. The number of carbonyl (C=O) groups excluding carboxylic acids is 2. The number of aromatic nitrogens is 1. The van der Waals surface area contributed by atoms with Gasteiger partial charge in [-0.05, 0) is 60.2 Å². The molecule has 2 amide bonds. The van der Waals surface area contributed by atoms with Gasteiger partial charge in [0, 0.05) is 60.1 Å². The minimum Gasteiger partial charge on any atom is -0.378 e. The molecule has 1 aliphatic rings. The maximum Gasteiger partial charge on any atom is 0.254 e. The van der Waals surface area contributed by atoms with Crippen molar-refractivity contribution < 1.29 is 14.3 Å². The molecule has 1 fully saturated rings. The summed E-state index contributed by atoms with van der Waals surface area (Å²) in [6, 6.07) is 19.2. The number of ether oxygens (including phenoxy) is 1. The van der Waals surface area contributed by atoms with Crippen molar-refractivity contribution >= 4 is 35.0 Å². The van der Waals surface area contributed by atoms with E-state index in [2.05, 4.69) is 15.2 Å². The Bertz CT molecular complexity index is 1090. The van der Waals surface area contributed by atoms with Crippen molar-refractivity contribution in [2.75, 3.05) is 50.1 Å². The second-order valence-electron chi connectivity index (χ2n) is 8.03. The lowest BCUT2D eigenvalue weighted by molar-refractivity contribution is -0.116. The maximum atomic E-state index is 12.8. The third kappa shape index (κ3) is 6.59. The minimum atomic E-state index is -0.237. The summed E-state index contributed by atoms with van der Waals surface area (Å²) in [6.45, 7) is 3.16. The van der Waals surface area contributed by atoms with Crippen molar-refractivity contribution in [1.82, 2.24) is 9.88 Å². The lowest BCUT2D eigenvalue weighted by atomic mass is 10.2. The molecule has 1 saturated heterocycles. The molecule has 3 aromatic rings. The first kappa shape index (κ1) is 23.8. The predicted octanol–water partition coefficient (Wildman–Crippen LogP) is 3.92. The van der Waals surface area contributed by atoms with Gasteiger partial charge in [0.2, 0.25) is 5.91 Å². The number of anilines is 2. The van der Waals surface area contributed by atoms with Crippen LogP contribution in [0, 0.1) is 0 Å². The van der Waals surface area contributed by atoms with E-state index >= 15 is 0 Å². The fourth-order valence-electron chi connectivity index (χ4n) is 3.63. The SMILES string of the molecule is CN(CC(=O)Nc1ccc(N2CCOCC2)cc1)C(=O)c1ccc(SCc2cccnc2)cc1. The zero-order valence-electron chi connectivity index (χ0n) is 19.1. The molecule has 1 aliphatic heterocycles. The molecule has 0 spiro atoms. The van der Waals surface area contributed by atoms with Crippen molar-refractivity contribution in [3.8, 4) is 0 Å². The molecule has 0 unspecified atom stereocenters. The van der Waals surface area contributed by atoms with E-state index in [1.165, 1.54) is 4.90 Å². The standard InChI is InChI=1S/C26H28N4O3S/c1-29(18-25(31)28-22-6-8-23(9-7-22)30-13-15-33-16-14-30)26(32)21-4-10-24(11-5-21)34-19-20-3-2-12-27-17-20/h2-12,17H,13-16,18-19H2,1H3,(H,28,31). The summed E-state index contributed by atoms with van der Waals surface area (Å²) >= 11 is 1.69.